The van der Waals surface area contributed by atoms with Crippen molar-refractivity contribution in [2.75, 3.05) is 18.5 Å². The highest BCUT2D eigenvalue weighted by atomic mass is 79.9. The Labute approximate surface area is 228 Å². The predicted octanol–water partition coefficient (Wildman–Crippen LogP) is 3.90. The summed E-state index contributed by atoms with van der Waals surface area (Å²) >= 11 is 4.89. The van der Waals surface area contributed by atoms with Gasteiger partial charge in [0.15, 0.2) is 5.76 Å². The molecular weight excluding hydrogens is 560 g/mol. The minimum Gasteiger partial charge on any atom is -0.475 e. The van der Waals surface area contributed by atoms with Crippen molar-refractivity contribution >= 4 is 39.1 Å². The number of carbonyl (C=O) groups is 2. The summed E-state index contributed by atoms with van der Waals surface area (Å²) < 4.78 is 10.9. The van der Waals surface area contributed by atoms with Crippen molar-refractivity contribution in [3.63, 3.8) is 0 Å². The Balaban J connectivity index is 1.42. The average molecular weight is 592 g/mol. The lowest BCUT2D eigenvalue weighted by Crippen LogP contribution is -2.48. The average Bonchev–Trinajstić information content (AvgIpc) is 3.61. The van der Waals surface area contributed by atoms with E-state index in [0.29, 0.717) is 30.1 Å². The summed E-state index contributed by atoms with van der Waals surface area (Å²) in [5.74, 6) is -0.668. The van der Waals surface area contributed by atoms with Gasteiger partial charge in [0.05, 0.1) is 28.8 Å². The lowest BCUT2D eigenvalue weighted by molar-refractivity contribution is -0.141. The van der Waals surface area contributed by atoms with Crippen LogP contribution in [0.1, 0.15) is 43.2 Å². The molecule has 9 nitrogen and oxygen atoms in total. The second-order valence-electron chi connectivity index (χ2n) is 9.40. The van der Waals surface area contributed by atoms with Gasteiger partial charge in [0.1, 0.15) is 12.0 Å². The van der Waals surface area contributed by atoms with Gasteiger partial charge in [-0.15, -0.1) is 11.3 Å². The number of alkyl halides is 1. The number of aliphatic hydroxyl groups is 1. The number of nitrogens with zero attached hydrogens (tertiary/aromatic N) is 3. The lowest BCUT2D eigenvalue weighted by Gasteiger charge is -2.28. The molecule has 1 aliphatic heterocycles. The number of hydrogen-bond acceptors (Lipinski definition) is 8. The fraction of sp³-hybridized carbons (Fsp3) is 0.462. The number of ether oxygens (including phenoxy) is 1. The number of hydrogen-bond donors (Lipinski definition) is 2. The van der Waals surface area contributed by atoms with Gasteiger partial charge in [0.25, 0.3) is 5.88 Å². The largest absolute Gasteiger partial charge is 0.475 e. The molecule has 1 aliphatic rings. The Morgan fingerprint density at radius 1 is 1.32 bits per heavy atom. The molecule has 3 atom stereocenters. The molecule has 2 N–H and O–H groups in total. The lowest BCUT2D eigenvalue weighted by atomic mass is 9.91. The Morgan fingerprint density at radius 3 is 2.73 bits per heavy atom. The summed E-state index contributed by atoms with van der Waals surface area (Å²) in [6, 6.07) is 8.80. The van der Waals surface area contributed by atoms with Crippen molar-refractivity contribution in [3.8, 4) is 16.3 Å². The van der Waals surface area contributed by atoms with Gasteiger partial charge in [-0.2, -0.15) is 0 Å². The van der Waals surface area contributed by atoms with Crippen LogP contribution in [-0.2, 0) is 16.1 Å². The van der Waals surface area contributed by atoms with Crippen LogP contribution in [0.4, 0.5) is 0 Å². The molecule has 1 fully saturated rings. The third-order valence-electron chi connectivity index (χ3n) is 6.37. The van der Waals surface area contributed by atoms with Crippen LogP contribution in [0.2, 0.25) is 0 Å². The third kappa shape index (κ3) is 6.39. The zero-order chi connectivity index (χ0) is 26.5. The van der Waals surface area contributed by atoms with Crippen LogP contribution in [0.25, 0.3) is 10.4 Å². The molecular formula is C26H31BrN4O5S. The summed E-state index contributed by atoms with van der Waals surface area (Å²) in [6.45, 7) is 6.61. The van der Waals surface area contributed by atoms with E-state index in [9.17, 15) is 14.7 Å². The van der Waals surface area contributed by atoms with Crippen LogP contribution >= 0.6 is 27.3 Å². The Morgan fingerprint density at radius 2 is 2.08 bits per heavy atom. The zero-order valence-corrected chi connectivity index (χ0v) is 23.4. The van der Waals surface area contributed by atoms with Crippen LogP contribution < -0.4 is 10.1 Å². The van der Waals surface area contributed by atoms with Gasteiger partial charge in [0, 0.05) is 30.9 Å². The SMILES string of the molecule is Cc1ncsc1-c1ccc(CNC(=O)[C@H]2C[C@H](O)CN2C(=O)C(c2cc(OCCBr)no2)C(C)C)cc1. The number of nitrogens with one attached hydrogen (secondary N) is 1. The number of aromatic nitrogens is 2. The normalized spacial score (nSPS) is 18.3. The number of likely N-dealkylation sites (tertiary alicyclic amines) is 1. The summed E-state index contributed by atoms with van der Waals surface area (Å²) in [4.78, 5) is 33.6. The number of carbonyl (C=O) groups excluding carboxylic acids is 2. The van der Waals surface area contributed by atoms with Crippen LogP contribution in [0.3, 0.4) is 0 Å². The third-order valence-corrected chi connectivity index (χ3v) is 7.67. The molecule has 3 aromatic rings. The number of aryl methyl sites for hydroxylation is 1. The van der Waals surface area contributed by atoms with Crippen molar-refractivity contribution < 1.29 is 24.0 Å². The van der Waals surface area contributed by atoms with Crippen LogP contribution in [-0.4, -0.2) is 62.6 Å². The van der Waals surface area contributed by atoms with Gasteiger partial charge < -0.3 is 24.6 Å². The van der Waals surface area contributed by atoms with E-state index < -0.39 is 18.1 Å². The summed E-state index contributed by atoms with van der Waals surface area (Å²) in [5, 5.41) is 17.8. The molecule has 11 heteroatoms. The number of halogens is 1. The van der Waals surface area contributed by atoms with E-state index in [4.69, 9.17) is 9.26 Å². The minimum atomic E-state index is -0.776. The van der Waals surface area contributed by atoms with E-state index in [-0.39, 0.29) is 30.7 Å². The molecule has 0 spiro atoms. The summed E-state index contributed by atoms with van der Waals surface area (Å²) in [5.41, 5.74) is 4.83. The quantitative estimate of drug-likeness (QED) is 0.344. The van der Waals surface area contributed by atoms with Crippen molar-refractivity contribution in [1.29, 1.82) is 0 Å². The van der Waals surface area contributed by atoms with Gasteiger partial charge in [-0.25, -0.2) is 4.98 Å². The first-order chi connectivity index (χ1) is 17.8. The monoisotopic (exact) mass is 590 g/mol. The maximum Gasteiger partial charge on any atom is 0.254 e. The van der Waals surface area contributed by atoms with E-state index in [2.05, 4.69) is 31.4 Å². The molecule has 1 aromatic carbocycles. The van der Waals surface area contributed by atoms with E-state index in [1.54, 1.807) is 17.4 Å². The highest BCUT2D eigenvalue weighted by Crippen LogP contribution is 2.32. The van der Waals surface area contributed by atoms with E-state index in [0.717, 1.165) is 21.7 Å². The first kappa shape index (κ1) is 27.3. The number of benzene rings is 1. The molecule has 37 heavy (non-hydrogen) atoms. The molecule has 0 bridgehead atoms. The topological polar surface area (TPSA) is 118 Å². The van der Waals surface area contributed by atoms with Crippen LogP contribution in [0, 0.1) is 12.8 Å². The molecule has 1 saturated heterocycles. The second kappa shape index (κ2) is 12.2. The smallest absolute Gasteiger partial charge is 0.254 e. The highest BCUT2D eigenvalue weighted by molar-refractivity contribution is 9.09. The molecule has 2 amide bonds. The molecule has 0 saturated carbocycles. The molecule has 2 aromatic heterocycles. The Hall–Kier alpha value is -2.76. The van der Waals surface area contributed by atoms with Gasteiger partial charge in [-0.05, 0) is 29.1 Å². The fourth-order valence-electron chi connectivity index (χ4n) is 4.51. The molecule has 198 valence electrons. The highest BCUT2D eigenvalue weighted by Gasteiger charge is 2.43. The molecule has 0 aliphatic carbocycles. The number of thiazole rings is 1. The van der Waals surface area contributed by atoms with Crippen LogP contribution in [0.15, 0.2) is 40.4 Å². The van der Waals surface area contributed by atoms with E-state index in [1.807, 2.05) is 50.5 Å². The van der Waals surface area contributed by atoms with E-state index in [1.165, 1.54) is 4.90 Å². The minimum absolute atomic E-state index is 0.0874. The summed E-state index contributed by atoms with van der Waals surface area (Å²) in [6.07, 6.45) is -0.593. The molecule has 3 heterocycles. The standard InChI is InChI=1S/C26H31BrN4O5S/c1-15(2)23(21-11-22(30-36-21)35-9-8-27)26(34)31-13-19(32)10-20(31)25(33)28-12-17-4-6-18(7-5-17)24-16(3)29-14-37-24/h4-7,11,14-15,19-20,23,32H,8-10,12-13H2,1-3H3,(H,28,33)/t19-,20+,23?/m0/s1. The summed E-state index contributed by atoms with van der Waals surface area (Å²) in [7, 11) is 0. The number of β-amino-alcohol motifs (C(OH)–C–C–N with tert-alkyl or cyclic N) is 1. The number of aliphatic hydroxyl groups excluding tert-OH is 1. The fourth-order valence-corrected chi connectivity index (χ4v) is 5.48. The number of rotatable bonds is 10. The van der Waals surface area contributed by atoms with Gasteiger partial charge >= 0.3 is 0 Å². The Kier molecular flexibility index (Phi) is 8.99. The maximum atomic E-state index is 13.6. The van der Waals surface area contributed by atoms with Gasteiger partial charge in [-0.3, -0.25) is 9.59 Å². The van der Waals surface area contributed by atoms with Crippen molar-refractivity contribution in [1.82, 2.24) is 20.4 Å². The predicted molar refractivity (Wildman–Crippen MR) is 144 cm³/mol. The van der Waals surface area contributed by atoms with Crippen molar-refractivity contribution in [2.45, 2.75) is 51.8 Å². The molecule has 0 radical (unpaired) electrons. The molecule has 1 unspecified atom stereocenters. The maximum absolute atomic E-state index is 13.6. The van der Waals surface area contributed by atoms with Crippen molar-refractivity contribution in [2.24, 2.45) is 5.92 Å². The molecule has 4 rings (SSSR count). The Bertz CT molecular complexity index is 1210. The zero-order valence-electron chi connectivity index (χ0n) is 21.0. The number of amides is 2. The first-order valence-electron chi connectivity index (χ1n) is 12.2. The van der Waals surface area contributed by atoms with E-state index >= 15 is 0 Å². The second-order valence-corrected chi connectivity index (χ2v) is 11.1. The first-order valence-corrected chi connectivity index (χ1v) is 14.2. The van der Waals surface area contributed by atoms with Gasteiger partial charge in [-0.1, -0.05) is 54.0 Å². The van der Waals surface area contributed by atoms with Gasteiger partial charge in [0.2, 0.25) is 11.8 Å². The van der Waals surface area contributed by atoms with Crippen LogP contribution in [0.5, 0.6) is 5.88 Å². The van der Waals surface area contributed by atoms with Crippen molar-refractivity contribution in [3.05, 3.63) is 52.9 Å².